The molecule has 4 atom stereocenters. The number of carboxylic acid groups (broad SMARTS) is 1. The summed E-state index contributed by atoms with van der Waals surface area (Å²) in [4.78, 5) is 20.9. The molecule has 2 aromatic heterocycles. The summed E-state index contributed by atoms with van der Waals surface area (Å²) in [6.07, 6.45) is -5.14. The van der Waals surface area contributed by atoms with Gasteiger partial charge in [-0.25, -0.2) is 9.78 Å². The average Bonchev–Trinajstić information content (AvgIpc) is 3.04. The SMILES string of the molecule is Nc1nc(Cl)nc2c1ncn2C1CC(N)C(O)C1O.O=C(O)C(F)(F)F. The van der Waals surface area contributed by atoms with Crippen LogP contribution >= 0.6 is 11.6 Å². The Kier molecular flexibility index (Phi) is 5.55. The van der Waals surface area contributed by atoms with Crippen LogP contribution in [-0.4, -0.2) is 65.2 Å². The predicted molar refractivity (Wildman–Crippen MR) is 82.1 cm³/mol. The van der Waals surface area contributed by atoms with Crippen LogP contribution in [0.2, 0.25) is 5.28 Å². The number of nitrogens with two attached hydrogens (primary N) is 2. The highest BCUT2D eigenvalue weighted by molar-refractivity contribution is 6.28. The van der Waals surface area contributed by atoms with E-state index in [0.717, 1.165) is 0 Å². The lowest BCUT2D eigenvalue weighted by Crippen LogP contribution is -2.35. The van der Waals surface area contributed by atoms with Gasteiger partial charge in [-0.15, -0.1) is 0 Å². The molecule has 0 saturated heterocycles. The Labute approximate surface area is 148 Å². The number of nitrogen functional groups attached to an aromatic ring is 1. The highest BCUT2D eigenvalue weighted by Crippen LogP contribution is 2.32. The molecule has 0 radical (unpaired) electrons. The van der Waals surface area contributed by atoms with Crippen LogP contribution in [0, 0.1) is 0 Å². The highest BCUT2D eigenvalue weighted by Gasteiger charge is 2.41. The van der Waals surface area contributed by atoms with Crippen molar-refractivity contribution < 1.29 is 33.3 Å². The number of aliphatic hydroxyl groups excluding tert-OH is 2. The molecule has 3 rings (SSSR count). The fraction of sp³-hybridized carbons (Fsp3) is 0.500. The van der Waals surface area contributed by atoms with Gasteiger partial charge in [0.15, 0.2) is 11.5 Å². The zero-order valence-corrected chi connectivity index (χ0v) is 13.6. The summed E-state index contributed by atoms with van der Waals surface area (Å²) in [5.41, 5.74) is 12.3. The van der Waals surface area contributed by atoms with Gasteiger partial charge in [0.25, 0.3) is 0 Å². The molecule has 26 heavy (non-hydrogen) atoms. The molecule has 0 aromatic carbocycles. The first-order chi connectivity index (χ1) is 11.9. The molecular formula is C12H14ClF3N6O4. The summed E-state index contributed by atoms with van der Waals surface area (Å²) in [7, 11) is 0. The standard InChI is InChI=1S/C10H13ClN6O2.C2HF3O2/c11-10-15-8(13)5-9(16-10)17(2-14-5)4-1-3(12)6(18)7(4)19;3-2(4,5)1(6)7/h2-4,6-7,18-19H,1,12H2,(H2,13,15,16);(H,6,7). The summed E-state index contributed by atoms with van der Waals surface area (Å²) < 4.78 is 33.4. The number of aromatic nitrogens is 4. The minimum atomic E-state index is -5.08. The zero-order chi connectivity index (χ0) is 19.8. The number of aliphatic hydroxyl groups is 2. The Morgan fingerprint density at radius 2 is 1.88 bits per heavy atom. The van der Waals surface area contributed by atoms with E-state index >= 15 is 0 Å². The third-order valence-corrected chi connectivity index (χ3v) is 3.89. The molecule has 0 amide bonds. The summed E-state index contributed by atoms with van der Waals surface area (Å²) in [5, 5.41) is 26.9. The van der Waals surface area contributed by atoms with Gasteiger partial charge in [0.2, 0.25) is 5.28 Å². The monoisotopic (exact) mass is 398 g/mol. The van der Waals surface area contributed by atoms with E-state index in [2.05, 4.69) is 15.0 Å². The largest absolute Gasteiger partial charge is 0.490 e. The molecular weight excluding hydrogens is 385 g/mol. The molecule has 1 fully saturated rings. The lowest BCUT2D eigenvalue weighted by Gasteiger charge is -2.17. The summed E-state index contributed by atoms with van der Waals surface area (Å²) in [5.74, 6) is -2.58. The number of carboxylic acids is 1. The third kappa shape index (κ3) is 3.95. The van der Waals surface area contributed by atoms with E-state index in [-0.39, 0.29) is 11.1 Å². The van der Waals surface area contributed by atoms with Gasteiger partial charge in [-0.2, -0.15) is 23.1 Å². The van der Waals surface area contributed by atoms with Crippen LogP contribution in [0.15, 0.2) is 6.33 Å². The Morgan fingerprint density at radius 3 is 2.35 bits per heavy atom. The number of hydrogen-bond donors (Lipinski definition) is 5. The van der Waals surface area contributed by atoms with E-state index < -0.39 is 36.4 Å². The Bertz CT molecular complexity index is 816. The van der Waals surface area contributed by atoms with Crippen LogP contribution in [0.25, 0.3) is 11.2 Å². The minimum Gasteiger partial charge on any atom is -0.475 e. The number of carbonyl (C=O) groups is 1. The van der Waals surface area contributed by atoms with Crippen molar-refractivity contribution in [2.24, 2.45) is 5.73 Å². The van der Waals surface area contributed by atoms with Crippen molar-refractivity contribution in [2.75, 3.05) is 5.73 Å². The first-order valence-electron chi connectivity index (χ1n) is 7.00. The Morgan fingerprint density at radius 1 is 1.31 bits per heavy atom. The van der Waals surface area contributed by atoms with Crippen molar-refractivity contribution >= 4 is 34.6 Å². The zero-order valence-electron chi connectivity index (χ0n) is 12.8. The molecule has 1 saturated carbocycles. The number of fused-ring (bicyclic) bond motifs is 1. The van der Waals surface area contributed by atoms with Crippen molar-refractivity contribution in [1.29, 1.82) is 0 Å². The number of hydrogen-bond acceptors (Lipinski definition) is 8. The number of halogens is 4. The minimum absolute atomic E-state index is 0.00378. The molecule has 1 aliphatic rings. The lowest BCUT2D eigenvalue weighted by molar-refractivity contribution is -0.192. The second-order valence-electron chi connectivity index (χ2n) is 5.45. The van der Waals surface area contributed by atoms with Gasteiger partial charge in [0.05, 0.1) is 18.5 Å². The number of anilines is 1. The second kappa shape index (κ2) is 7.19. The molecule has 0 aliphatic heterocycles. The van der Waals surface area contributed by atoms with Crippen LogP contribution in [-0.2, 0) is 4.79 Å². The van der Waals surface area contributed by atoms with Crippen LogP contribution in [0.4, 0.5) is 19.0 Å². The van der Waals surface area contributed by atoms with Gasteiger partial charge in [0, 0.05) is 6.04 Å². The summed E-state index contributed by atoms with van der Waals surface area (Å²) in [6, 6.07) is -0.910. The van der Waals surface area contributed by atoms with E-state index in [4.69, 9.17) is 33.0 Å². The first-order valence-corrected chi connectivity index (χ1v) is 7.38. The number of alkyl halides is 3. The first kappa shape index (κ1) is 20.1. The maximum Gasteiger partial charge on any atom is 0.490 e. The third-order valence-electron chi connectivity index (χ3n) is 3.72. The Hall–Kier alpha value is -2.22. The smallest absolute Gasteiger partial charge is 0.475 e. The maximum atomic E-state index is 10.6. The van der Waals surface area contributed by atoms with Crippen molar-refractivity contribution in [3.8, 4) is 0 Å². The van der Waals surface area contributed by atoms with Gasteiger partial charge in [0.1, 0.15) is 11.6 Å². The van der Waals surface area contributed by atoms with Crippen LogP contribution in [0.3, 0.4) is 0 Å². The van der Waals surface area contributed by atoms with Gasteiger partial charge < -0.3 is 31.4 Å². The van der Waals surface area contributed by atoms with Gasteiger partial charge in [-0.05, 0) is 18.0 Å². The highest BCUT2D eigenvalue weighted by atomic mass is 35.5. The number of imidazole rings is 1. The molecule has 4 unspecified atom stereocenters. The molecule has 0 bridgehead atoms. The van der Waals surface area contributed by atoms with Crippen LogP contribution < -0.4 is 11.5 Å². The molecule has 14 heteroatoms. The molecule has 10 nitrogen and oxygen atoms in total. The average molecular weight is 399 g/mol. The van der Waals surface area contributed by atoms with Crippen molar-refractivity contribution in [2.45, 2.75) is 36.9 Å². The topological polar surface area (TPSA) is 173 Å². The van der Waals surface area contributed by atoms with Gasteiger partial charge in [-0.1, -0.05) is 0 Å². The molecule has 7 N–H and O–H groups in total. The van der Waals surface area contributed by atoms with Crippen LogP contribution in [0.5, 0.6) is 0 Å². The lowest BCUT2D eigenvalue weighted by atomic mass is 10.2. The van der Waals surface area contributed by atoms with Gasteiger partial charge >= 0.3 is 12.1 Å². The normalized spacial score (nSPS) is 25.8. The summed E-state index contributed by atoms with van der Waals surface area (Å²) >= 11 is 5.77. The predicted octanol–water partition coefficient (Wildman–Crippen LogP) is -0.311. The van der Waals surface area contributed by atoms with E-state index in [9.17, 15) is 23.4 Å². The quantitative estimate of drug-likeness (QED) is 0.403. The van der Waals surface area contributed by atoms with Crippen molar-refractivity contribution in [3.63, 3.8) is 0 Å². The molecule has 0 spiro atoms. The van der Waals surface area contributed by atoms with Crippen LogP contribution in [0.1, 0.15) is 12.5 Å². The molecule has 144 valence electrons. The van der Waals surface area contributed by atoms with E-state index in [1.165, 1.54) is 6.33 Å². The molecule has 2 heterocycles. The number of rotatable bonds is 1. The van der Waals surface area contributed by atoms with Gasteiger partial charge in [-0.3, -0.25) is 0 Å². The Balaban J connectivity index is 0.000000298. The molecule has 2 aromatic rings. The maximum absolute atomic E-state index is 10.6. The van der Waals surface area contributed by atoms with E-state index in [1.807, 2.05) is 0 Å². The molecule has 1 aliphatic carbocycles. The second-order valence-corrected chi connectivity index (χ2v) is 5.79. The fourth-order valence-corrected chi connectivity index (χ4v) is 2.64. The van der Waals surface area contributed by atoms with E-state index in [1.54, 1.807) is 4.57 Å². The number of nitrogens with zero attached hydrogens (tertiary/aromatic N) is 4. The van der Waals surface area contributed by atoms with Crippen molar-refractivity contribution in [3.05, 3.63) is 11.6 Å². The van der Waals surface area contributed by atoms with Crippen molar-refractivity contribution in [1.82, 2.24) is 19.5 Å². The summed E-state index contributed by atoms with van der Waals surface area (Å²) in [6.45, 7) is 0. The number of aliphatic carboxylic acids is 1. The van der Waals surface area contributed by atoms with E-state index in [0.29, 0.717) is 17.6 Å². The fourth-order valence-electron chi connectivity index (χ4n) is 2.47.